The summed E-state index contributed by atoms with van der Waals surface area (Å²) < 4.78 is 1.44. The van der Waals surface area contributed by atoms with Crippen molar-refractivity contribution in [3.63, 3.8) is 0 Å². The third-order valence-corrected chi connectivity index (χ3v) is 4.97. The van der Waals surface area contributed by atoms with E-state index in [-0.39, 0.29) is 29.8 Å². The maximum absolute atomic E-state index is 12.0. The summed E-state index contributed by atoms with van der Waals surface area (Å²) in [5.41, 5.74) is 2.10. The lowest BCUT2D eigenvalue weighted by Gasteiger charge is -2.09. The van der Waals surface area contributed by atoms with Gasteiger partial charge in [0.05, 0.1) is 16.6 Å². The van der Waals surface area contributed by atoms with Gasteiger partial charge in [-0.15, -0.1) is 11.6 Å². The average molecular weight is 403 g/mol. The highest BCUT2D eigenvalue weighted by Crippen LogP contribution is 2.38. The van der Waals surface area contributed by atoms with E-state index in [0.29, 0.717) is 16.5 Å². The Kier molecular flexibility index (Phi) is 6.03. The fourth-order valence-electron chi connectivity index (χ4n) is 2.52. The molecule has 8 heteroatoms. The summed E-state index contributed by atoms with van der Waals surface area (Å²) in [7, 11) is 0. The first-order valence-electron chi connectivity index (χ1n) is 8.52. The van der Waals surface area contributed by atoms with Crippen LogP contribution in [0.1, 0.15) is 26.3 Å². The van der Waals surface area contributed by atoms with E-state index in [1.165, 1.54) is 22.1 Å². The number of benzene rings is 1. The van der Waals surface area contributed by atoms with Crippen LogP contribution in [0.5, 0.6) is 0 Å². The number of carbonyl (C=O) groups is 1. The van der Waals surface area contributed by atoms with Crippen LogP contribution >= 0.6 is 22.9 Å². The molecule has 0 fully saturated rings. The van der Waals surface area contributed by atoms with Gasteiger partial charge in [0.2, 0.25) is 5.91 Å². The fourth-order valence-corrected chi connectivity index (χ4v) is 3.66. The van der Waals surface area contributed by atoms with Crippen LogP contribution in [0.15, 0.2) is 47.3 Å². The lowest BCUT2D eigenvalue weighted by Crippen LogP contribution is -2.23. The number of nitrogens with zero attached hydrogens (tertiary/aromatic N) is 3. The van der Waals surface area contributed by atoms with Crippen LogP contribution < -0.4 is 10.9 Å². The van der Waals surface area contributed by atoms with Crippen molar-refractivity contribution in [3.8, 4) is 21.8 Å². The molecule has 0 atom stereocenters. The SMILES string of the molecule is CC(C)n1nc(-c2sc(NC(=O)CCCl)nc2-c2ccccc2)ccc1=O. The van der Waals surface area contributed by atoms with Crippen molar-refractivity contribution in [1.29, 1.82) is 0 Å². The van der Waals surface area contributed by atoms with Crippen molar-refractivity contribution in [3.05, 3.63) is 52.8 Å². The minimum absolute atomic E-state index is 0.0616. The van der Waals surface area contributed by atoms with Crippen LogP contribution in [0.4, 0.5) is 5.13 Å². The lowest BCUT2D eigenvalue weighted by atomic mass is 10.1. The zero-order chi connectivity index (χ0) is 19.4. The molecule has 0 spiro atoms. The van der Waals surface area contributed by atoms with E-state index < -0.39 is 0 Å². The number of alkyl halides is 1. The first-order valence-corrected chi connectivity index (χ1v) is 9.87. The van der Waals surface area contributed by atoms with Gasteiger partial charge < -0.3 is 5.32 Å². The monoisotopic (exact) mass is 402 g/mol. The number of hydrogen-bond donors (Lipinski definition) is 1. The van der Waals surface area contributed by atoms with Crippen LogP contribution in [0.25, 0.3) is 21.8 Å². The molecule has 0 saturated heterocycles. The number of thiazole rings is 1. The summed E-state index contributed by atoms with van der Waals surface area (Å²) in [6, 6.07) is 12.8. The molecule has 0 saturated carbocycles. The summed E-state index contributed by atoms with van der Waals surface area (Å²) in [4.78, 5) is 29.3. The fraction of sp³-hybridized carbons (Fsp3) is 0.263. The molecule has 140 valence electrons. The predicted octanol–water partition coefficient (Wildman–Crippen LogP) is 4.18. The third kappa shape index (κ3) is 4.43. The molecular formula is C19H19ClN4O2S. The molecule has 1 aromatic carbocycles. The minimum atomic E-state index is -0.190. The molecule has 6 nitrogen and oxygen atoms in total. The van der Waals surface area contributed by atoms with Gasteiger partial charge >= 0.3 is 0 Å². The van der Waals surface area contributed by atoms with E-state index in [1.807, 2.05) is 44.2 Å². The van der Waals surface area contributed by atoms with E-state index in [9.17, 15) is 9.59 Å². The number of anilines is 1. The Morgan fingerprint density at radius 3 is 2.63 bits per heavy atom. The Bertz CT molecular complexity index is 998. The molecule has 1 N–H and O–H groups in total. The molecule has 0 bridgehead atoms. The minimum Gasteiger partial charge on any atom is -0.302 e. The number of aromatic nitrogens is 3. The summed E-state index contributed by atoms with van der Waals surface area (Å²) >= 11 is 6.96. The lowest BCUT2D eigenvalue weighted by molar-refractivity contribution is -0.115. The smallest absolute Gasteiger partial charge is 0.267 e. The zero-order valence-corrected chi connectivity index (χ0v) is 16.5. The number of hydrogen-bond acceptors (Lipinski definition) is 5. The van der Waals surface area contributed by atoms with Crippen molar-refractivity contribution in [2.24, 2.45) is 0 Å². The average Bonchev–Trinajstić information content (AvgIpc) is 3.06. The zero-order valence-electron chi connectivity index (χ0n) is 15.0. The van der Waals surface area contributed by atoms with Crippen LogP contribution in [0.2, 0.25) is 0 Å². The van der Waals surface area contributed by atoms with Gasteiger partial charge in [0, 0.05) is 23.9 Å². The van der Waals surface area contributed by atoms with Gasteiger partial charge in [-0.25, -0.2) is 9.67 Å². The maximum atomic E-state index is 12.0. The molecular weight excluding hydrogens is 384 g/mol. The quantitative estimate of drug-likeness (QED) is 0.627. The molecule has 1 amide bonds. The van der Waals surface area contributed by atoms with Crippen LogP contribution in [0, 0.1) is 0 Å². The second-order valence-electron chi connectivity index (χ2n) is 6.15. The summed E-state index contributed by atoms with van der Waals surface area (Å²) in [5, 5.41) is 7.75. The van der Waals surface area contributed by atoms with Gasteiger partial charge in [-0.1, -0.05) is 41.7 Å². The Labute approximate surface area is 165 Å². The maximum Gasteiger partial charge on any atom is 0.267 e. The molecule has 0 aliphatic rings. The third-order valence-electron chi connectivity index (χ3n) is 3.79. The van der Waals surface area contributed by atoms with Gasteiger partial charge in [0.25, 0.3) is 5.56 Å². The molecule has 0 aliphatic carbocycles. The van der Waals surface area contributed by atoms with Crippen LogP contribution in [-0.4, -0.2) is 26.6 Å². The highest BCUT2D eigenvalue weighted by molar-refractivity contribution is 7.19. The second kappa shape index (κ2) is 8.45. The van der Waals surface area contributed by atoms with Crippen molar-refractivity contribution in [1.82, 2.24) is 14.8 Å². The van der Waals surface area contributed by atoms with Crippen molar-refractivity contribution >= 4 is 34.0 Å². The van der Waals surface area contributed by atoms with E-state index in [2.05, 4.69) is 15.4 Å². The first-order chi connectivity index (χ1) is 13.0. The van der Waals surface area contributed by atoms with E-state index >= 15 is 0 Å². The summed E-state index contributed by atoms with van der Waals surface area (Å²) in [5.74, 6) is 0.0567. The van der Waals surface area contributed by atoms with Crippen LogP contribution in [0.3, 0.4) is 0 Å². The topological polar surface area (TPSA) is 76.9 Å². The number of amides is 1. The highest BCUT2D eigenvalue weighted by atomic mass is 35.5. The molecule has 0 radical (unpaired) electrons. The predicted molar refractivity (Wildman–Crippen MR) is 109 cm³/mol. The van der Waals surface area contributed by atoms with Gasteiger partial charge in [-0.2, -0.15) is 5.10 Å². The largest absolute Gasteiger partial charge is 0.302 e. The molecule has 27 heavy (non-hydrogen) atoms. The Hall–Kier alpha value is -2.51. The van der Waals surface area contributed by atoms with E-state index in [0.717, 1.165) is 10.4 Å². The Morgan fingerprint density at radius 2 is 1.96 bits per heavy atom. The molecule has 3 rings (SSSR count). The first kappa shape index (κ1) is 19.3. The van der Waals surface area contributed by atoms with Crippen molar-refractivity contribution < 1.29 is 4.79 Å². The van der Waals surface area contributed by atoms with E-state index in [4.69, 9.17) is 11.6 Å². The number of halogens is 1. The van der Waals surface area contributed by atoms with Crippen LogP contribution in [-0.2, 0) is 4.79 Å². The molecule has 0 aliphatic heterocycles. The molecule has 2 aromatic heterocycles. The summed E-state index contributed by atoms with van der Waals surface area (Å²) in [6.45, 7) is 3.81. The van der Waals surface area contributed by atoms with Gasteiger partial charge in [0.15, 0.2) is 5.13 Å². The molecule has 0 unspecified atom stereocenters. The Morgan fingerprint density at radius 1 is 1.22 bits per heavy atom. The second-order valence-corrected chi connectivity index (χ2v) is 7.52. The van der Waals surface area contributed by atoms with Crippen molar-refractivity contribution in [2.45, 2.75) is 26.3 Å². The van der Waals surface area contributed by atoms with Gasteiger partial charge in [0.1, 0.15) is 5.69 Å². The normalized spacial score (nSPS) is 11.0. The Balaban J connectivity index is 2.10. The standard InChI is InChI=1S/C19H19ClN4O2S/c1-12(2)24-16(26)9-8-14(23-24)18-17(13-6-4-3-5-7-13)22-19(27-18)21-15(25)10-11-20/h3-9,12H,10-11H2,1-2H3,(H,21,22,25). The molecule has 2 heterocycles. The molecule has 3 aromatic rings. The highest BCUT2D eigenvalue weighted by Gasteiger charge is 2.18. The number of nitrogens with one attached hydrogen (secondary N) is 1. The van der Waals surface area contributed by atoms with Crippen molar-refractivity contribution in [2.75, 3.05) is 11.2 Å². The summed E-state index contributed by atoms with van der Waals surface area (Å²) in [6.07, 6.45) is 0.216. The van der Waals surface area contributed by atoms with E-state index in [1.54, 1.807) is 6.07 Å². The number of carbonyl (C=O) groups excluding carboxylic acids is 1. The van der Waals surface area contributed by atoms with Gasteiger partial charge in [-0.05, 0) is 19.9 Å². The van der Waals surface area contributed by atoms with Gasteiger partial charge in [-0.3, -0.25) is 9.59 Å². The number of rotatable bonds is 6.